The Morgan fingerprint density at radius 1 is 1.24 bits per heavy atom. The van der Waals surface area contributed by atoms with Crippen molar-refractivity contribution in [2.45, 2.75) is 32.2 Å². The van der Waals surface area contributed by atoms with Crippen molar-refractivity contribution < 1.29 is 0 Å². The van der Waals surface area contributed by atoms with Crippen LogP contribution in [0.25, 0.3) is 0 Å². The van der Waals surface area contributed by atoms with Crippen molar-refractivity contribution in [2.24, 2.45) is 11.7 Å². The van der Waals surface area contributed by atoms with Crippen LogP contribution in [-0.2, 0) is 6.54 Å². The molecule has 17 heavy (non-hydrogen) atoms. The molecule has 1 saturated heterocycles. The Morgan fingerprint density at radius 3 is 2.82 bits per heavy atom. The standard InChI is InChI=1S/C15H24N2/c16-10-4-8-15-9-5-11-17(13-15)12-14-6-2-1-3-7-14/h1-3,6-7,15H,4-5,8-13,16H2. The summed E-state index contributed by atoms with van der Waals surface area (Å²) in [5.74, 6) is 0.871. The third-order valence-electron chi connectivity index (χ3n) is 3.67. The Balaban J connectivity index is 1.81. The number of piperidine rings is 1. The summed E-state index contributed by atoms with van der Waals surface area (Å²) in [5, 5.41) is 0. The Bertz CT molecular complexity index is 310. The number of hydrogen-bond acceptors (Lipinski definition) is 2. The van der Waals surface area contributed by atoms with Crippen LogP contribution < -0.4 is 5.73 Å². The van der Waals surface area contributed by atoms with Crippen molar-refractivity contribution in [3.63, 3.8) is 0 Å². The lowest BCUT2D eigenvalue weighted by molar-refractivity contribution is 0.160. The summed E-state index contributed by atoms with van der Waals surface area (Å²) < 4.78 is 0. The van der Waals surface area contributed by atoms with Crippen LogP contribution in [-0.4, -0.2) is 24.5 Å². The molecule has 1 aliphatic heterocycles. The van der Waals surface area contributed by atoms with Gasteiger partial charge in [0.25, 0.3) is 0 Å². The van der Waals surface area contributed by atoms with Gasteiger partial charge in [-0.3, -0.25) is 4.90 Å². The number of likely N-dealkylation sites (tertiary alicyclic amines) is 1. The van der Waals surface area contributed by atoms with Crippen molar-refractivity contribution >= 4 is 0 Å². The lowest BCUT2D eigenvalue weighted by Crippen LogP contribution is -2.35. The predicted molar refractivity (Wildman–Crippen MR) is 72.7 cm³/mol. The van der Waals surface area contributed by atoms with Gasteiger partial charge in [-0.15, -0.1) is 0 Å². The molecule has 0 aliphatic carbocycles. The molecule has 0 radical (unpaired) electrons. The minimum absolute atomic E-state index is 0.842. The quantitative estimate of drug-likeness (QED) is 0.845. The van der Waals surface area contributed by atoms with Crippen molar-refractivity contribution in [2.75, 3.05) is 19.6 Å². The molecule has 0 spiro atoms. The van der Waals surface area contributed by atoms with Gasteiger partial charge in [0.2, 0.25) is 0 Å². The fraction of sp³-hybridized carbons (Fsp3) is 0.600. The molecule has 2 N–H and O–H groups in total. The van der Waals surface area contributed by atoms with Gasteiger partial charge < -0.3 is 5.73 Å². The van der Waals surface area contributed by atoms with Gasteiger partial charge in [-0.2, -0.15) is 0 Å². The first kappa shape index (κ1) is 12.6. The van der Waals surface area contributed by atoms with Gasteiger partial charge in [-0.1, -0.05) is 30.3 Å². The van der Waals surface area contributed by atoms with Gasteiger partial charge in [-0.05, 0) is 50.3 Å². The summed E-state index contributed by atoms with van der Waals surface area (Å²) >= 11 is 0. The summed E-state index contributed by atoms with van der Waals surface area (Å²) in [6.45, 7) is 4.47. The third-order valence-corrected chi connectivity index (χ3v) is 3.67. The van der Waals surface area contributed by atoms with Gasteiger partial charge in [0.15, 0.2) is 0 Å². The van der Waals surface area contributed by atoms with Crippen molar-refractivity contribution in [1.82, 2.24) is 4.90 Å². The maximum Gasteiger partial charge on any atom is 0.0233 e. The van der Waals surface area contributed by atoms with Crippen LogP contribution in [0.2, 0.25) is 0 Å². The number of rotatable bonds is 5. The van der Waals surface area contributed by atoms with Crippen LogP contribution in [0, 0.1) is 5.92 Å². The van der Waals surface area contributed by atoms with E-state index >= 15 is 0 Å². The smallest absolute Gasteiger partial charge is 0.0233 e. The second kappa shape index (κ2) is 6.77. The summed E-state index contributed by atoms with van der Waals surface area (Å²) in [7, 11) is 0. The minimum atomic E-state index is 0.842. The molecule has 1 heterocycles. The van der Waals surface area contributed by atoms with Gasteiger partial charge in [0.1, 0.15) is 0 Å². The average Bonchev–Trinajstić information content (AvgIpc) is 2.38. The first-order chi connectivity index (χ1) is 8.38. The topological polar surface area (TPSA) is 29.3 Å². The highest BCUT2D eigenvalue weighted by Gasteiger charge is 2.19. The molecule has 0 bridgehead atoms. The maximum absolute atomic E-state index is 5.59. The van der Waals surface area contributed by atoms with E-state index in [9.17, 15) is 0 Å². The van der Waals surface area contributed by atoms with Crippen LogP contribution in [0.5, 0.6) is 0 Å². The largest absolute Gasteiger partial charge is 0.330 e. The molecule has 1 fully saturated rings. The van der Waals surface area contributed by atoms with E-state index in [4.69, 9.17) is 5.73 Å². The molecule has 0 aromatic heterocycles. The van der Waals surface area contributed by atoms with E-state index in [-0.39, 0.29) is 0 Å². The zero-order chi connectivity index (χ0) is 11.9. The number of nitrogens with zero attached hydrogens (tertiary/aromatic N) is 1. The molecule has 1 aliphatic rings. The molecular weight excluding hydrogens is 208 g/mol. The average molecular weight is 232 g/mol. The van der Waals surface area contributed by atoms with Crippen LogP contribution in [0.4, 0.5) is 0 Å². The van der Waals surface area contributed by atoms with E-state index in [2.05, 4.69) is 35.2 Å². The van der Waals surface area contributed by atoms with E-state index in [0.717, 1.165) is 19.0 Å². The summed E-state index contributed by atoms with van der Waals surface area (Å²) in [4.78, 5) is 2.60. The second-order valence-corrected chi connectivity index (χ2v) is 5.16. The molecule has 0 amide bonds. The van der Waals surface area contributed by atoms with E-state index in [1.165, 1.54) is 44.3 Å². The van der Waals surface area contributed by atoms with Crippen LogP contribution >= 0.6 is 0 Å². The van der Waals surface area contributed by atoms with E-state index in [1.807, 2.05) is 0 Å². The molecule has 1 atom stereocenters. The van der Waals surface area contributed by atoms with Crippen LogP contribution in [0.1, 0.15) is 31.2 Å². The molecule has 2 heteroatoms. The summed E-state index contributed by atoms with van der Waals surface area (Å²) in [6.07, 6.45) is 5.24. The van der Waals surface area contributed by atoms with Crippen molar-refractivity contribution in [3.05, 3.63) is 35.9 Å². The number of hydrogen-bond donors (Lipinski definition) is 1. The predicted octanol–water partition coefficient (Wildman–Crippen LogP) is 2.64. The minimum Gasteiger partial charge on any atom is -0.330 e. The molecule has 2 nitrogen and oxygen atoms in total. The maximum atomic E-state index is 5.59. The highest BCUT2D eigenvalue weighted by Crippen LogP contribution is 2.22. The Kier molecular flexibility index (Phi) is 5.02. The third kappa shape index (κ3) is 4.14. The Hall–Kier alpha value is -0.860. The van der Waals surface area contributed by atoms with Gasteiger partial charge in [0.05, 0.1) is 0 Å². The summed E-state index contributed by atoms with van der Waals surface area (Å²) in [6, 6.07) is 10.8. The molecular formula is C15H24N2. The number of benzene rings is 1. The first-order valence-corrected chi connectivity index (χ1v) is 6.85. The zero-order valence-electron chi connectivity index (χ0n) is 10.6. The number of nitrogens with two attached hydrogens (primary N) is 1. The monoisotopic (exact) mass is 232 g/mol. The fourth-order valence-electron chi connectivity index (χ4n) is 2.78. The highest BCUT2D eigenvalue weighted by atomic mass is 15.1. The Morgan fingerprint density at radius 2 is 2.06 bits per heavy atom. The van der Waals surface area contributed by atoms with Gasteiger partial charge >= 0.3 is 0 Å². The second-order valence-electron chi connectivity index (χ2n) is 5.16. The fourth-order valence-corrected chi connectivity index (χ4v) is 2.78. The van der Waals surface area contributed by atoms with E-state index in [1.54, 1.807) is 0 Å². The molecule has 0 saturated carbocycles. The van der Waals surface area contributed by atoms with E-state index in [0.29, 0.717) is 0 Å². The van der Waals surface area contributed by atoms with Crippen molar-refractivity contribution in [3.8, 4) is 0 Å². The van der Waals surface area contributed by atoms with Gasteiger partial charge in [0, 0.05) is 13.1 Å². The van der Waals surface area contributed by atoms with Crippen molar-refractivity contribution in [1.29, 1.82) is 0 Å². The van der Waals surface area contributed by atoms with Crippen LogP contribution in [0.15, 0.2) is 30.3 Å². The lowest BCUT2D eigenvalue weighted by Gasteiger charge is -2.32. The van der Waals surface area contributed by atoms with Crippen LogP contribution in [0.3, 0.4) is 0 Å². The van der Waals surface area contributed by atoms with E-state index < -0.39 is 0 Å². The first-order valence-electron chi connectivity index (χ1n) is 6.85. The van der Waals surface area contributed by atoms with Gasteiger partial charge in [-0.25, -0.2) is 0 Å². The Labute approximate surface area is 105 Å². The molecule has 1 aromatic carbocycles. The molecule has 1 unspecified atom stereocenters. The lowest BCUT2D eigenvalue weighted by atomic mass is 9.93. The highest BCUT2D eigenvalue weighted by molar-refractivity contribution is 5.14. The summed E-state index contributed by atoms with van der Waals surface area (Å²) in [5.41, 5.74) is 7.03. The SMILES string of the molecule is NCCCC1CCCN(Cc2ccccc2)C1. The zero-order valence-corrected chi connectivity index (χ0v) is 10.6. The molecule has 1 aromatic rings. The molecule has 94 valence electrons. The molecule has 2 rings (SSSR count). The normalized spacial score (nSPS) is 21.6.